The van der Waals surface area contributed by atoms with Gasteiger partial charge in [-0.1, -0.05) is 42.5 Å². The Balaban J connectivity index is 1.40. The van der Waals surface area contributed by atoms with Crippen LogP contribution in [-0.2, 0) is 32.3 Å². The molecule has 0 saturated carbocycles. The number of carbonyl (C=O) groups excluding carboxylic acids is 1. The maximum absolute atomic E-state index is 14.0. The Morgan fingerprint density at radius 2 is 1.68 bits per heavy atom. The summed E-state index contributed by atoms with van der Waals surface area (Å²) in [7, 11) is -3.56. The number of hydrogen-bond acceptors (Lipinski definition) is 7. The van der Waals surface area contributed by atoms with Crippen LogP contribution in [0.3, 0.4) is 0 Å². The highest BCUT2D eigenvalue weighted by Gasteiger charge is 2.48. The number of benzene rings is 3. The van der Waals surface area contributed by atoms with E-state index < -0.39 is 15.4 Å². The molecular weight excluding hydrogens is 504 g/mol. The molecule has 0 saturated heterocycles. The molecule has 1 amide bonds. The minimum atomic E-state index is -3.56. The number of ether oxygens (including phenoxy) is 2. The van der Waals surface area contributed by atoms with Gasteiger partial charge in [0, 0.05) is 38.1 Å². The minimum absolute atomic E-state index is 0.0525. The molecular formula is C29H30N2O6S. The summed E-state index contributed by atoms with van der Waals surface area (Å²) in [6, 6.07) is 23.3. The predicted octanol–water partition coefficient (Wildman–Crippen LogP) is 3.02. The van der Waals surface area contributed by atoms with E-state index in [4.69, 9.17) is 19.6 Å². The van der Waals surface area contributed by atoms with Crippen molar-refractivity contribution in [1.29, 1.82) is 0 Å². The van der Waals surface area contributed by atoms with Gasteiger partial charge >= 0.3 is 0 Å². The molecule has 5 rings (SSSR count). The average molecular weight is 535 g/mol. The summed E-state index contributed by atoms with van der Waals surface area (Å²) in [5.41, 5.74) is 1.52. The first-order chi connectivity index (χ1) is 18.4. The third-order valence-electron chi connectivity index (χ3n) is 6.82. The number of carbonyl (C=O) groups is 1. The van der Waals surface area contributed by atoms with Gasteiger partial charge in [-0.3, -0.25) is 4.79 Å². The molecule has 198 valence electrons. The summed E-state index contributed by atoms with van der Waals surface area (Å²) in [5.74, 6) is 0.615. The zero-order valence-electron chi connectivity index (χ0n) is 21.0. The topological polar surface area (TPSA) is 106 Å². The number of aliphatic imine (C=N–C) groups is 1. The van der Waals surface area contributed by atoms with Crippen molar-refractivity contribution >= 4 is 21.6 Å². The van der Waals surface area contributed by atoms with Gasteiger partial charge in [0.25, 0.3) is 5.91 Å². The molecule has 1 spiro atoms. The van der Waals surface area contributed by atoms with E-state index in [2.05, 4.69) is 0 Å². The Labute approximate surface area is 222 Å². The van der Waals surface area contributed by atoms with Crippen LogP contribution >= 0.6 is 0 Å². The molecule has 2 heterocycles. The van der Waals surface area contributed by atoms with Crippen LogP contribution in [0.1, 0.15) is 23.1 Å². The van der Waals surface area contributed by atoms with E-state index in [9.17, 15) is 13.2 Å². The molecule has 0 radical (unpaired) electrons. The van der Waals surface area contributed by atoms with Crippen LogP contribution in [0, 0.1) is 0 Å². The molecule has 9 heteroatoms. The summed E-state index contributed by atoms with van der Waals surface area (Å²) in [5, 5.41) is 8.93. The molecule has 2 aliphatic heterocycles. The van der Waals surface area contributed by atoms with Gasteiger partial charge in [0.05, 0.1) is 17.3 Å². The quantitative estimate of drug-likeness (QED) is 0.423. The van der Waals surface area contributed by atoms with Crippen molar-refractivity contribution in [1.82, 2.24) is 4.90 Å². The van der Waals surface area contributed by atoms with Crippen LogP contribution in [-0.4, -0.2) is 67.9 Å². The number of aliphatic hydroxyl groups excluding tert-OH is 1. The third kappa shape index (κ3) is 5.44. The van der Waals surface area contributed by atoms with Crippen molar-refractivity contribution in [2.45, 2.75) is 29.8 Å². The lowest BCUT2D eigenvalue weighted by Crippen LogP contribution is -2.49. The molecule has 8 nitrogen and oxygen atoms in total. The minimum Gasteiger partial charge on any atom is -0.494 e. The van der Waals surface area contributed by atoms with E-state index in [1.807, 2.05) is 36.4 Å². The third-order valence-corrected chi connectivity index (χ3v) is 8.53. The number of nitrogens with zero attached hydrogens (tertiary/aromatic N) is 2. The normalized spacial score (nSPS) is 19.0. The van der Waals surface area contributed by atoms with Crippen LogP contribution in [0.15, 0.2) is 88.8 Å². The molecule has 3 aromatic carbocycles. The molecule has 0 unspecified atom stereocenters. The molecule has 1 atom stereocenters. The molecule has 3 aromatic rings. The monoisotopic (exact) mass is 534 g/mol. The highest BCUT2D eigenvalue weighted by Crippen LogP contribution is 2.33. The second-order valence-electron chi connectivity index (χ2n) is 9.49. The zero-order chi connectivity index (χ0) is 26.6. The molecule has 0 aliphatic carbocycles. The smallest absolute Gasteiger partial charge is 0.254 e. The van der Waals surface area contributed by atoms with Crippen LogP contribution in [0.4, 0.5) is 0 Å². The van der Waals surface area contributed by atoms with Crippen molar-refractivity contribution in [2.75, 3.05) is 32.1 Å². The van der Waals surface area contributed by atoms with Gasteiger partial charge in [0.2, 0.25) is 5.90 Å². The van der Waals surface area contributed by atoms with E-state index in [-0.39, 0.29) is 36.3 Å². The number of hydrogen-bond donors (Lipinski definition) is 1. The van der Waals surface area contributed by atoms with E-state index in [1.54, 1.807) is 47.4 Å². The van der Waals surface area contributed by atoms with Gasteiger partial charge in [-0.05, 0) is 47.5 Å². The summed E-state index contributed by atoms with van der Waals surface area (Å²) in [6.07, 6.45) is 0.919. The Kier molecular flexibility index (Phi) is 7.49. The maximum atomic E-state index is 14.0. The Bertz CT molecular complexity index is 1420. The van der Waals surface area contributed by atoms with Crippen LogP contribution in [0.5, 0.6) is 5.75 Å². The van der Waals surface area contributed by atoms with E-state index in [1.165, 1.54) is 0 Å². The first-order valence-electron chi connectivity index (χ1n) is 12.6. The van der Waals surface area contributed by atoms with E-state index >= 15 is 0 Å². The molecule has 0 aromatic heterocycles. The first-order valence-corrected chi connectivity index (χ1v) is 14.3. The van der Waals surface area contributed by atoms with Crippen LogP contribution < -0.4 is 4.74 Å². The van der Waals surface area contributed by atoms with Gasteiger partial charge in [0.1, 0.15) is 12.4 Å². The molecule has 38 heavy (non-hydrogen) atoms. The van der Waals surface area contributed by atoms with Gasteiger partial charge in [-0.15, -0.1) is 0 Å². The van der Waals surface area contributed by atoms with Gasteiger partial charge in [0.15, 0.2) is 15.4 Å². The second-order valence-corrected chi connectivity index (χ2v) is 11.6. The predicted molar refractivity (Wildman–Crippen MR) is 143 cm³/mol. The second kappa shape index (κ2) is 11.0. The Hall–Kier alpha value is -3.69. The number of sulfone groups is 1. The van der Waals surface area contributed by atoms with Crippen molar-refractivity contribution in [3.8, 4) is 5.75 Å². The van der Waals surface area contributed by atoms with Gasteiger partial charge in [-0.2, -0.15) is 0 Å². The Morgan fingerprint density at radius 3 is 2.42 bits per heavy atom. The van der Waals surface area contributed by atoms with E-state index in [0.717, 1.165) is 16.7 Å². The zero-order valence-corrected chi connectivity index (χ0v) is 21.8. The van der Waals surface area contributed by atoms with Crippen molar-refractivity contribution in [2.24, 2.45) is 4.99 Å². The van der Waals surface area contributed by atoms with Crippen molar-refractivity contribution in [3.05, 3.63) is 95.6 Å². The molecule has 2 aliphatic rings. The molecule has 0 bridgehead atoms. The highest BCUT2D eigenvalue weighted by molar-refractivity contribution is 7.91. The fourth-order valence-corrected chi connectivity index (χ4v) is 6.01. The standard InChI is InChI=1S/C29H30N2O6S/c32-16-6-17-36-25-13-11-22(12-14-25)27-30-29(21-37-27)19-23-7-4-5-8-24(23)20-31(28(29)33)15-18-38(34,35)26-9-2-1-3-10-26/h1-5,7-14,32H,6,15-21H2/t29-/m1/s1. The molecule has 1 N–H and O–H groups in total. The number of fused-ring (bicyclic) bond motifs is 1. The Morgan fingerprint density at radius 1 is 0.974 bits per heavy atom. The summed E-state index contributed by atoms with van der Waals surface area (Å²) < 4.78 is 37.5. The largest absolute Gasteiger partial charge is 0.494 e. The SMILES string of the molecule is O=C1N(CCS(=O)(=O)c2ccccc2)Cc2ccccc2C[C@@]12COC(c1ccc(OCCCO)cc1)=N2. The lowest BCUT2D eigenvalue weighted by Gasteiger charge is -2.28. The van der Waals surface area contributed by atoms with Gasteiger partial charge < -0.3 is 19.5 Å². The summed E-state index contributed by atoms with van der Waals surface area (Å²) >= 11 is 0. The first kappa shape index (κ1) is 25.9. The van der Waals surface area contributed by atoms with Crippen LogP contribution in [0.2, 0.25) is 0 Å². The lowest BCUT2D eigenvalue weighted by atomic mass is 9.91. The molecule has 0 fully saturated rings. The lowest BCUT2D eigenvalue weighted by molar-refractivity contribution is -0.137. The van der Waals surface area contributed by atoms with E-state index in [0.29, 0.717) is 37.6 Å². The van der Waals surface area contributed by atoms with Gasteiger partial charge in [-0.25, -0.2) is 13.4 Å². The van der Waals surface area contributed by atoms with Crippen LogP contribution in [0.25, 0.3) is 0 Å². The summed E-state index contributed by atoms with van der Waals surface area (Å²) in [6.45, 7) is 0.923. The van der Waals surface area contributed by atoms with Crippen molar-refractivity contribution < 1.29 is 27.8 Å². The van der Waals surface area contributed by atoms with Crippen molar-refractivity contribution in [3.63, 3.8) is 0 Å². The fraction of sp³-hybridized carbons (Fsp3) is 0.310. The summed E-state index contributed by atoms with van der Waals surface area (Å²) in [4.78, 5) is 20.6. The highest BCUT2D eigenvalue weighted by atomic mass is 32.2. The average Bonchev–Trinajstić information content (AvgIpc) is 3.33. The number of aliphatic hydroxyl groups is 1. The maximum Gasteiger partial charge on any atom is 0.254 e. The number of rotatable bonds is 9. The fourth-order valence-electron chi connectivity index (χ4n) is 4.75. The number of amides is 1.